The summed E-state index contributed by atoms with van der Waals surface area (Å²) in [6, 6.07) is 2.83. The molecule has 166 valence electrons. The number of fused-ring (bicyclic) bond motifs is 3. The zero-order valence-corrected chi connectivity index (χ0v) is 17.5. The Morgan fingerprint density at radius 2 is 1.91 bits per heavy atom. The van der Waals surface area contributed by atoms with Gasteiger partial charge in [0.15, 0.2) is 11.4 Å². The first-order chi connectivity index (χ1) is 15.0. The van der Waals surface area contributed by atoms with Crippen LogP contribution in [0.4, 0.5) is 0 Å². The number of amides is 1. The summed E-state index contributed by atoms with van der Waals surface area (Å²) in [5.41, 5.74) is 2.62. The van der Waals surface area contributed by atoms with E-state index < -0.39 is 57.9 Å². The lowest BCUT2D eigenvalue weighted by atomic mass is 9.54. The number of ketones is 2. The standard InChI is InChI=1S/C24H23NO7/c1-4-10-5-6-14(26)17-12(10)7-11-8-13-15(9(2)3)19(27)18(23(25)31)22(30)24(13,32)21(29)16(11)20(17)28/h1,5-6,9,11,13,15,26,28,30,32H,7-8H2,2-3H3,(H2,25,31)/t11-,13-,15-,24-/m0/s1. The van der Waals surface area contributed by atoms with Crippen LogP contribution in [-0.2, 0) is 20.8 Å². The van der Waals surface area contributed by atoms with E-state index in [4.69, 9.17) is 12.2 Å². The molecule has 0 radical (unpaired) electrons. The minimum atomic E-state index is -2.61. The van der Waals surface area contributed by atoms with Gasteiger partial charge in [-0.15, -0.1) is 6.42 Å². The average molecular weight is 437 g/mol. The van der Waals surface area contributed by atoms with Crippen LogP contribution in [0.25, 0.3) is 5.76 Å². The maximum Gasteiger partial charge on any atom is 0.255 e. The van der Waals surface area contributed by atoms with Crippen molar-refractivity contribution in [3.63, 3.8) is 0 Å². The molecule has 1 fully saturated rings. The van der Waals surface area contributed by atoms with Crippen molar-refractivity contribution in [3.8, 4) is 18.1 Å². The number of phenols is 1. The molecule has 1 saturated carbocycles. The van der Waals surface area contributed by atoms with Gasteiger partial charge in [0.05, 0.1) is 5.56 Å². The Morgan fingerprint density at radius 3 is 2.47 bits per heavy atom. The van der Waals surface area contributed by atoms with Crippen LogP contribution in [0, 0.1) is 36.0 Å². The van der Waals surface area contributed by atoms with Crippen molar-refractivity contribution in [2.24, 2.45) is 29.4 Å². The summed E-state index contributed by atoms with van der Waals surface area (Å²) in [4.78, 5) is 38.6. The quantitative estimate of drug-likeness (QED) is 0.344. The number of Topliss-reactive ketones (excluding diaryl/α,β-unsaturated/α-hetero) is 2. The lowest BCUT2D eigenvalue weighted by Gasteiger charge is -2.50. The molecule has 3 aliphatic rings. The molecular weight excluding hydrogens is 414 g/mol. The van der Waals surface area contributed by atoms with E-state index in [1.54, 1.807) is 13.8 Å². The maximum atomic E-state index is 13.6. The number of rotatable bonds is 2. The van der Waals surface area contributed by atoms with Crippen LogP contribution >= 0.6 is 0 Å². The van der Waals surface area contributed by atoms with Crippen LogP contribution in [-0.4, -0.2) is 43.5 Å². The molecule has 4 atom stereocenters. The van der Waals surface area contributed by atoms with Crippen molar-refractivity contribution in [1.82, 2.24) is 0 Å². The number of phenolic OH excluding ortho intramolecular Hbond substituents is 1. The summed E-state index contributed by atoms with van der Waals surface area (Å²) in [6.45, 7) is 3.42. The molecule has 1 aromatic carbocycles. The average Bonchev–Trinajstić information content (AvgIpc) is 2.70. The Kier molecular flexibility index (Phi) is 4.72. The zero-order valence-electron chi connectivity index (χ0n) is 17.5. The number of aliphatic hydroxyl groups is 3. The highest BCUT2D eigenvalue weighted by atomic mass is 16.3. The molecule has 0 saturated heterocycles. The van der Waals surface area contributed by atoms with Gasteiger partial charge in [-0.05, 0) is 42.4 Å². The van der Waals surface area contributed by atoms with Gasteiger partial charge in [-0.2, -0.15) is 0 Å². The fourth-order valence-corrected chi connectivity index (χ4v) is 5.62. The van der Waals surface area contributed by atoms with Crippen molar-refractivity contribution in [3.05, 3.63) is 45.7 Å². The molecule has 3 aliphatic carbocycles. The molecular formula is C24H23NO7. The van der Waals surface area contributed by atoms with E-state index in [0.29, 0.717) is 11.1 Å². The summed E-state index contributed by atoms with van der Waals surface area (Å²) in [6.07, 6.45) is 5.82. The first-order valence-corrected chi connectivity index (χ1v) is 10.3. The van der Waals surface area contributed by atoms with Gasteiger partial charge in [-0.1, -0.05) is 19.8 Å². The number of hydrogen-bond acceptors (Lipinski definition) is 7. The highest BCUT2D eigenvalue weighted by Gasteiger charge is 2.64. The largest absolute Gasteiger partial charge is 0.508 e. The van der Waals surface area contributed by atoms with Gasteiger partial charge in [0.2, 0.25) is 5.78 Å². The van der Waals surface area contributed by atoms with Gasteiger partial charge in [0.25, 0.3) is 5.91 Å². The highest BCUT2D eigenvalue weighted by molar-refractivity contribution is 6.23. The Labute approximate surface area is 184 Å². The van der Waals surface area contributed by atoms with E-state index in [1.807, 2.05) is 0 Å². The van der Waals surface area contributed by atoms with Crippen molar-refractivity contribution < 1.29 is 34.8 Å². The van der Waals surface area contributed by atoms with Crippen molar-refractivity contribution in [2.45, 2.75) is 32.3 Å². The fraction of sp³-hybridized carbons (Fsp3) is 0.375. The summed E-state index contributed by atoms with van der Waals surface area (Å²) < 4.78 is 0. The van der Waals surface area contributed by atoms with E-state index in [0.717, 1.165) is 0 Å². The molecule has 0 aliphatic heterocycles. The number of nitrogens with two attached hydrogens (primary N) is 1. The predicted molar refractivity (Wildman–Crippen MR) is 113 cm³/mol. The predicted octanol–water partition coefficient (Wildman–Crippen LogP) is 1.29. The third-order valence-corrected chi connectivity index (χ3v) is 7.01. The Bertz CT molecular complexity index is 1200. The molecule has 1 amide bonds. The molecule has 0 spiro atoms. The SMILES string of the molecule is C#Cc1ccc(O)c2c1C[C@H]1C[C@H]3[C@H](C(C)C)C(=O)C(C(N)=O)=C(O)[C@@]3(O)C(=O)C1=C2O. The Balaban J connectivity index is 2.00. The smallest absolute Gasteiger partial charge is 0.255 e. The van der Waals surface area contributed by atoms with Crippen molar-refractivity contribution >= 4 is 23.2 Å². The fourth-order valence-electron chi connectivity index (χ4n) is 5.62. The summed E-state index contributed by atoms with van der Waals surface area (Å²) in [7, 11) is 0. The second kappa shape index (κ2) is 6.97. The maximum absolute atomic E-state index is 13.6. The summed E-state index contributed by atoms with van der Waals surface area (Å²) in [5.74, 6) is -5.42. The molecule has 32 heavy (non-hydrogen) atoms. The number of aliphatic hydroxyl groups excluding tert-OH is 2. The van der Waals surface area contributed by atoms with Gasteiger partial charge >= 0.3 is 0 Å². The first kappa shape index (κ1) is 21.7. The van der Waals surface area contributed by atoms with Crippen LogP contribution in [0.3, 0.4) is 0 Å². The van der Waals surface area contributed by atoms with Crippen LogP contribution in [0.5, 0.6) is 5.75 Å². The molecule has 8 heteroatoms. The van der Waals surface area contributed by atoms with E-state index >= 15 is 0 Å². The monoisotopic (exact) mass is 437 g/mol. The highest BCUT2D eigenvalue weighted by Crippen LogP contribution is 2.54. The molecule has 0 heterocycles. The van der Waals surface area contributed by atoms with Crippen molar-refractivity contribution in [2.75, 3.05) is 0 Å². The van der Waals surface area contributed by atoms with Crippen molar-refractivity contribution in [1.29, 1.82) is 0 Å². The molecule has 0 bridgehead atoms. The Morgan fingerprint density at radius 1 is 1.25 bits per heavy atom. The lowest BCUT2D eigenvalue weighted by Crippen LogP contribution is -2.62. The third-order valence-electron chi connectivity index (χ3n) is 7.01. The Hall–Kier alpha value is -3.57. The molecule has 6 N–H and O–H groups in total. The number of aromatic hydroxyl groups is 1. The normalized spacial score (nSPS) is 29.4. The number of hydrogen-bond donors (Lipinski definition) is 5. The van der Waals surface area contributed by atoms with E-state index in [9.17, 15) is 34.8 Å². The molecule has 0 unspecified atom stereocenters. The molecule has 1 aromatic rings. The molecule has 0 aromatic heterocycles. The van der Waals surface area contributed by atoms with Gasteiger partial charge in [-0.3, -0.25) is 14.4 Å². The summed E-state index contributed by atoms with van der Waals surface area (Å²) >= 11 is 0. The number of benzene rings is 1. The topological polar surface area (TPSA) is 158 Å². The lowest BCUT2D eigenvalue weighted by molar-refractivity contribution is -0.155. The van der Waals surface area contributed by atoms with Gasteiger partial charge in [-0.25, -0.2) is 0 Å². The summed E-state index contributed by atoms with van der Waals surface area (Å²) in [5, 5.41) is 43.6. The molecule has 8 nitrogen and oxygen atoms in total. The van der Waals surface area contributed by atoms with Crippen LogP contribution in [0.15, 0.2) is 29.0 Å². The van der Waals surface area contributed by atoms with Crippen LogP contribution in [0.2, 0.25) is 0 Å². The van der Waals surface area contributed by atoms with E-state index in [-0.39, 0.29) is 35.6 Å². The number of carbonyl (C=O) groups is 3. The van der Waals surface area contributed by atoms with Crippen LogP contribution in [0.1, 0.15) is 37.0 Å². The number of carbonyl (C=O) groups excluding carboxylic acids is 3. The minimum absolute atomic E-state index is 0.00649. The minimum Gasteiger partial charge on any atom is -0.508 e. The van der Waals surface area contributed by atoms with Gasteiger partial charge in [0.1, 0.15) is 22.8 Å². The van der Waals surface area contributed by atoms with Gasteiger partial charge in [0, 0.05) is 23.0 Å². The first-order valence-electron chi connectivity index (χ1n) is 10.3. The second-order valence-corrected chi connectivity index (χ2v) is 8.95. The van der Waals surface area contributed by atoms with Gasteiger partial charge < -0.3 is 26.2 Å². The zero-order chi connectivity index (χ0) is 23.7. The number of primary amides is 1. The second-order valence-electron chi connectivity index (χ2n) is 8.95. The third kappa shape index (κ3) is 2.58. The van der Waals surface area contributed by atoms with E-state index in [1.165, 1.54) is 12.1 Å². The molecule has 4 rings (SSSR count). The number of terminal acetylenes is 1. The van der Waals surface area contributed by atoms with E-state index in [2.05, 4.69) is 5.92 Å². The van der Waals surface area contributed by atoms with Crippen LogP contribution < -0.4 is 5.73 Å².